The Morgan fingerprint density at radius 2 is 0.880 bits per heavy atom. The third kappa shape index (κ3) is 2.89. The lowest BCUT2D eigenvalue weighted by Crippen LogP contribution is -1.76. The van der Waals surface area contributed by atoms with Crippen LogP contribution in [0.1, 0.15) is 27.7 Å². The van der Waals surface area contributed by atoms with Crippen LogP contribution in [0.5, 0.6) is 0 Å². The van der Waals surface area contributed by atoms with Crippen molar-refractivity contribution < 1.29 is 0 Å². The zero-order chi connectivity index (χ0) is 17.8. The molecule has 1 heteroatoms. The first kappa shape index (κ1) is 17.4. The highest BCUT2D eigenvalue weighted by molar-refractivity contribution is 7.26. The fourth-order valence-corrected chi connectivity index (χ4v) is 4.44. The van der Waals surface area contributed by atoms with Crippen molar-refractivity contribution in [2.24, 2.45) is 0 Å². The molecule has 0 saturated heterocycles. The Labute approximate surface area is 153 Å². The highest BCUT2D eigenvalue weighted by Crippen LogP contribution is 2.41. The molecule has 0 N–H and O–H groups in total. The Morgan fingerprint density at radius 3 is 1.32 bits per heavy atom. The van der Waals surface area contributed by atoms with E-state index in [1.807, 2.05) is 39.0 Å². The molecule has 0 aliphatic heterocycles. The summed E-state index contributed by atoms with van der Waals surface area (Å²) in [7, 11) is 0. The highest BCUT2D eigenvalue weighted by Gasteiger charge is 2.11. The standard InChI is InChI=1S/C20H12S.2C2H6/c1-3-7-15-13(5-1)9-11-17-19(15)20-16-8-4-2-6-14(16)10-12-18(20)21-17;2*1-2/h1-12H;2*1-2H3. The Bertz CT molecular complexity index is 1040. The summed E-state index contributed by atoms with van der Waals surface area (Å²) in [6.45, 7) is 8.00. The first-order valence-electron chi connectivity index (χ1n) is 9.13. The maximum absolute atomic E-state index is 2.26. The summed E-state index contributed by atoms with van der Waals surface area (Å²) in [5.41, 5.74) is 0. The summed E-state index contributed by atoms with van der Waals surface area (Å²) in [5.74, 6) is 0. The Kier molecular flexibility index (Phi) is 5.35. The van der Waals surface area contributed by atoms with Crippen LogP contribution in [0, 0.1) is 0 Å². The van der Waals surface area contributed by atoms with Gasteiger partial charge in [-0.15, -0.1) is 11.3 Å². The van der Waals surface area contributed by atoms with Crippen LogP contribution < -0.4 is 0 Å². The van der Waals surface area contributed by atoms with Crippen LogP contribution in [0.2, 0.25) is 0 Å². The smallest absolute Gasteiger partial charge is 0.0362 e. The van der Waals surface area contributed by atoms with E-state index in [1.165, 1.54) is 41.7 Å². The predicted octanol–water partition coefficient (Wildman–Crippen LogP) is 8.41. The number of fused-ring (bicyclic) bond motifs is 7. The average molecular weight is 345 g/mol. The van der Waals surface area contributed by atoms with E-state index in [2.05, 4.69) is 72.8 Å². The second kappa shape index (κ2) is 7.67. The quantitative estimate of drug-likeness (QED) is 0.264. The van der Waals surface area contributed by atoms with E-state index in [4.69, 9.17) is 0 Å². The molecule has 1 aromatic heterocycles. The van der Waals surface area contributed by atoms with Gasteiger partial charge >= 0.3 is 0 Å². The largest absolute Gasteiger partial charge is 0.135 e. The van der Waals surface area contributed by atoms with Crippen LogP contribution in [0.4, 0.5) is 0 Å². The lowest BCUT2D eigenvalue weighted by molar-refractivity contribution is 1.50. The van der Waals surface area contributed by atoms with Gasteiger partial charge in [-0.3, -0.25) is 0 Å². The van der Waals surface area contributed by atoms with E-state index >= 15 is 0 Å². The van der Waals surface area contributed by atoms with E-state index in [9.17, 15) is 0 Å². The van der Waals surface area contributed by atoms with Gasteiger partial charge in [0.1, 0.15) is 0 Å². The fourth-order valence-electron chi connectivity index (χ4n) is 3.31. The van der Waals surface area contributed by atoms with Gasteiger partial charge in [0.25, 0.3) is 0 Å². The van der Waals surface area contributed by atoms with Gasteiger partial charge < -0.3 is 0 Å². The molecular formula is C24H24S. The number of hydrogen-bond acceptors (Lipinski definition) is 1. The van der Waals surface area contributed by atoms with Gasteiger partial charge in [-0.1, -0.05) is 88.4 Å². The van der Waals surface area contributed by atoms with Crippen molar-refractivity contribution >= 4 is 53.1 Å². The fraction of sp³-hybridized carbons (Fsp3) is 0.167. The average Bonchev–Trinajstić information content (AvgIpc) is 3.11. The zero-order valence-corrected chi connectivity index (χ0v) is 16.2. The lowest BCUT2D eigenvalue weighted by atomic mass is 10.00. The summed E-state index contributed by atoms with van der Waals surface area (Å²) in [4.78, 5) is 0. The Balaban J connectivity index is 0.000000428. The molecule has 0 spiro atoms. The van der Waals surface area contributed by atoms with Crippen LogP contribution in [0.3, 0.4) is 0 Å². The zero-order valence-electron chi connectivity index (χ0n) is 15.3. The number of thiophene rings is 1. The molecule has 126 valence electrons. The molecular weight excluding hydrogens is 320 g/mol. The molecule has 0 nitrogen and oxygen atoms in total. The van der Waals surface area contributed by atoms with Crippen molar-refractivity contribution in [2.45, 2.75) is 27.7 Å². The molecule has 0 saturated carbocycles. The molecule has 1 heterocycles. The minimum absolute atomic E-state index is 1.32. The molecule has 5 aromatic rings. The maximum atomic E-state index is 2.26. The maximum Gasteiger partial charge on any atom is 0.0362 e. The van der Waals surface area contributed by atoms with Gasteiger partial charge in [-0.05, 0) is 33.7 Å². The van der Waals surface area contributed by atoms with Crippen molar-refractivity contribution in [2.75, 3.05) is 0 Å². The van der Waals surface area contributed by atoms with E-state index in [0.29, 0.717) is 0 Å². The third-order valence-electron chi connectivity index (χ3n) is 4.25. The van der Waals surface area contributed by atoms with E-state index in [0.717, 1.165) is 0 Å². The van der Waals surface area contributed by atoms with Crippen molar-refractivity contribution in [1.82, 2.24) is 0 Å². The molecule has 0 fully saturated rings. The molecule has 0 aliphatic rings. The highest BCUT2D eigenvalue weighted by atomic mass is 32.1. The van der Waals surface area contributed by atoms with Gasteiger partial charge in [-0.2, -0.15) is 0 Å². The van der Waals surface area contributed by atoms with Gasteiger partial charge in [0.2, 0.25) is 0 Å². The van der Waals surface area contributed by atoms with Crippen LogP contribution in [0.15, 0.2) is 72.8 Å². The predicted molar refractivity (Wildman–Crippen MR) is 117 cm³/mol. The third-order valence-corrected chi connectivity index (χ3v) is 5.37. The van der Waals surface area contributed by atoms with E-state index < -0.39 is 0 Å². The molecule has 4 aromatic carbocycles. The second-order valence-electron chi connectivity index (χ2n) is 5.42. The summed E-state index contributed by atoms with van der Waals surface area (Å²) in [6, 6.07) is 26.4. The van der Waals surface area contributed by atoms with Gasteiger partial charge in [-0.25, -0.2) is 0 Å². The topological polar surface area (TPSA) is 0 Å². The first-order chi connectivity index (χ1) is 12.4. The van der Waals surface area contributed by atoms with Gasteiger partial charge in [0.15, 0.2) is 0 Å². The summed E-state index contributed by atoms with van der Waals surface area (Å²) in [5, 5.41) is 8.17. The SMILES string of the molecule is CC.CC.c1ccc2c(c1)ccc1sc3ccc4ccccc4c3c12. The normalized spacial score (nSPS) is 10.4. The minimum atomic E-state index is 1.32. The van der Waals surface area contributed by atoms with Crippen LogP contribution in [-0.4, -0.2) is 0 Å². The van der Waals surface area contributed by atoms with Gasteiger partial charge in [0.05, 0.1) is 0 Å². The van der Waals surface area contributed by atoms with Gasteiger partial charge in [0, 0.05) is 20.2 Å². The summed E-state index contributed by atoms with van der Waals surface area (Å²) in [6.07, 6.45) is 0. The number of rotatable bonds is 0. The van der Waals surface area contributed by atoms with Crippen molar-refractivity contribution in [3.05, 3.63) is 72.8 Å². The van der Waals surface area contributed by atoms with Crippen LogP contribution in [0.25, 0.3) is 41.7 Å². The Morgan fingerprint density at radius 1 is 0.480 bits per heavy atom. The van der Waals surface area contributed by atoms with Crippen LogP contribution >= 0.6 is 11.3 Å². The van der Waals surface area contributed by atoms with Crippen molar-refractivity contribution in [3.63, 3.8) is 0 Å². The number of hydrogen-bond donors (Lipinski definition) is 0. The molecule has 0 aliphatic carbocycles. The Hall–Kier alpha value is -2.38. The lowest BCUT2D eigenvalue weighted by Gasteiger charge is -2.03. The minimum Gasteiger partial charge on any atom is -0.135 e. The van der Waals surface area contributed by atoms with E-state index in [1.54, 1.807) is 0 Å². The van der Waals surface area contributed by atoms with Crippen LogP contribution in [-0.2, 0) is 0 Å². The second-order valence-corrected chi connectivity index (χ2v) is 6.51. The monoisotopic (exact) mass is 344 g/mol. The van der Waals surface area contributed by atoms with E-state index in [-0.39, 0.29) is 0 Å². The molecule has 0 bridgehead atoms. The molecule has 0 unspecified atom stereocenters. The molecule has 5 rings (SSSR count). The van der Waals surface area contributed by atoms with Crippen molar-refractivity contribution in [1.29, 1.82) is 0 Å². The van der Waals surface area contributed by atoms with Crippen molar-refractivity contribution in [3.8, 4) is 0 Å². The first-order valence-corrected chi connectivity index (χ1v) is 9.95. The summed E-state index contributed by atoms with van der Waals surface area (Å²) < 4.78 is 2.75. The molecule has 0 radical (unpaired) electrons. The molecule has 0 atom stereocenters. The molecule has 25 heavy (non-hydrogen) atoms. The number of benzene rings is 4. The summed E-state index contributed by atoms with van der Waals surface area (Å²) >= 11 is 1.89. The molecule has 0 amide bonds.